The molecule has 0 aliphatic rings. The van der Waals surface area contributed by atoms with Crippen LogP contribution in [-0.2, 0) is 19.6 Å². The molecular formula is C15H20N2O6S. The molecule has 1 amide bonds. The fraction of sp³-hybridized carbons (Fsp3) is 0.400. The summed E-state index contributed by atoms with van der Waals surface area (Å²) in [4.78, 5) is 34.7. The summed E-state index contributed by atoms with van der Waals surface area (Å²) in [7, 11) is -2.38. The van der Waals surface area contributed by atoms with Gasteiger partial charge in [0.25, 0.3) is 0 Å². The van der Waals surface area contributed by atoms with E-state index in [1.807, 2.05) is 0 Å². The minimum Gasteiger partial charge on any atom is -0.481 e. The van der Waals surface area contributed by atoms with E-state index >= 15 is 0 Å². The third-order valence-corrected chi connectivity index (χ3v) is 4.73. The molecule has 0 heterocycles. The number of rotatable bonds is 9. The number of benzene rings is 1. The predicted molar refractivity (Wildman–Crippen MR) is 86.1 cm³/mol. The van der Waals surface area contributed by atoms with E-state index in [1.165, 1.54) is 43.1 Å². The fourth-order valence-corrected chi connectivity index (χ4v) is 2.91. The number of nitrogens with zero attached hydrogens (tertiary/aromatic N) is 1. The van der Waals surface area contributed by atoms with E-state index in [9.17, 15) is 22.8 Å². The Hall–Kier alpha value is -2.26. The topological polar surface area (TPSA) is 121 Å². The van der Waals surface area contributed by atoms with E-state index in [-0.39, 0.29) is 48.1 Å². The summed E-state index contributed by atoms with van der Waals surface area (Å²) in [5.41, 5.74) is 0.280. The highest BCUT2D eigenvalue weighted by molar-refractivity contribution is 7.89. The summed E-state index contributed by atoms with van der Waals surface area (Å²) in [6.07, 6.45) is -0.270. The number of Topliss-reactive ketones (excluding diaryl/α,β-unsaturated/α-hetero) is 1. The molecule has 0 saturated heterocycles. The van der Waals surface area contributed by atoms with Crippen LogP contribution in [0.15, 0.2) is 29.2 Å². The maximum atomic E-state index is 12.1. The summed E-state index contributed by atoms with van der Waals surface area (Å²) in [6.45, 7) is 1.27. The van der Waals surface area contributed by atoms with Gasteiger partial charge in [-0.05, 0) is 19.1 Å². The number of aliphatic carboxylic acids is 1. The van der Waals surface area contributed by atoms with E-state index in [2.05, 4.69) is 4.72 Å². The summed E-state index contributed by atoms with van der Waals surface area (Å²) < 4.78 is 26.6. The van der Waals surface area contributed by atoms with E-state index in [1.54, 1.807) is 0 Å². The van der Waals surface area contributed by atoms with Gasteiger partial charge in [-0.3, -0.25) is 14.4 Å². The summed E-state index contributed by atoms with van der Waals surface area (Å²) in [5, 5.41) is 8.56. The van der Waals surface area contributed by atoms with Crippen molar-refractivity contribution < 1.29 is 27.9 Å². The minimum atomic E-state index is -3.83. The molecule has 1 rings (SSSR count). The Bertz CT molecular complexity index is 729. The number of sulfonamides is 1. The molecule has 0 saturated carbocycles. The molecule has 24 heavy (non-hydrogen) atoms. The molecule has 0 atom stereocenters. The average Bonchev–Trinajstić information content (AvgIpc) is 2.52. The van der Waals surface area contributed by atoms with Crippen LogP contribution in [-0.4, -0.2) is 56.2 Å². The molecule has 2 N–H and O–H groups in total. The molecule has 132 valence electrons. The van der Waals surface area contributed by atoms with Crippen molar-refractivity contribution in [1.29, 1.82) is 0 Å². The molecule has 0 aromatic heterocycles. The molecular weight excluding hydrogens is 336 g/mol. The van der Waals surface area contributed by atoms with Crippen molar-refractivity contribution in [2.75, 3.05) is 20.1 Å². The van der Waals surface area contributed by atoms with Gasteiger partial charge in [0.1, 0.15) is 0 Å². The van der Waals surface area contributed by atoms with Crippen molar-refractivity contribution in [3.05, 3.63) is 29.8 Å². The maximum absolute atomic E-state index is 12.1. The van der Waals surface area contributed by atoms with Crippen LogP contribution in [0.5, 0.6) is 0 Å². The lowest BCUT2D eigenvalue weighted by Gasteiger charge is -2.16. The third-order valence-electron chi connectivity index (χ3n) is 3.27. The van der Waals surface area contributed by atoms with Crippen molar-refractivity contribution in [2.24, 2.45) is 0 Å². The van der Waals surface area contributed by atoms with Gasteiger partial charge in [-0.15, -0.1) is 0 Å². The SMILES string of the molecule is CC(=O)c1cccc(S(=O)(=O)NCCC(=O)N(C)CCC(=O)O)c1. The van der Waals surface area contributed by atoms with Crippen molar-refractivity contribution in [3.8, 4) is 0 Å². The smallest absolute Gasteiger partial charge is 0.305 e. The van der Waals surface area contributed by atoms with Crippen molar-refractivity contribution >= 4 is 27.7 Å². The second kappa shape index (κ2) is 8.55. The second-order valence-corrected chi connectivity index (χ2v) is 6.96. The molecule has 1 aromatic rings. The number of hydrogen-bond donors (Lipinski definition) is 2. The van der Waals surface area contributed by atoms with Crippen LogP contribution in [0.1, 0.15) is 30.1 Å². The summed E-state index contributed by atoms with van der Waals surface area (Å²) in [6, 6.07) is 5.61. The number of ketones is 1. The molecule has 1 aromatic carbocycles. The van der Waals surface area contributed by atoms with Crippen LogP contribution in [0.4, 0.5) is 0 Å². The first kappa shape index (κ1) is 19.8. The standard InChI is InChI=1S/C15H20N2O6S/c1-11(18)12-4-3-5-13(10-12)24(22,23)16-8-6-14(19)17(2)9-7-15(20)21/h3-5,10,16H,6-9H2,1-2H3,(H,20,21). The number of carbonyl (C=O) groups is 3. The molecule has 0 unspecified atom stereocenters. The third kappa shape index (κ3) is 6.09. The predicted octanol–water partition coefficient (Wildman–Crippen LogP) is 0.491. The molecule has 0 spiro atoms. The van der Waals surface area contributed by atoms with Crippen LogP contribution in [0, 0.1) is 0 Å². The Morgan fingerprint density at radius 1 is 1.21 bits per heavy atom. The van der Waals surface area contributed by atoms with Crippen LogP contribution < -0.4 is 4.72 Å². The Kier molecular flexibility index (Phi) is 7.05. The molecule has 0 radical (unpaired) electrons. The number of amides is 1. The molecule has 0 fully saturated rings. The Morgan fingerprint density at radius 3 is 2.46 bits per heavy atom. The van der Waals surface area contributed by atoms with Crippen molar-refractivity contribution in [3.63, 3.8) is 0 Å². The fourth-order valence-electron chi connectivity index (χ4n) is 1.84. The largest absolute Gasteiger partial charge is 0.481 e. The number of nitrogens with one attached hydrogen (secondary N) is 1. The Balaban J connectivity index is 2.60. The van der Waals surface area contributed by atoms with Gasteiger partial charge in [0.15, 0.2) is 5.78 Å². The van der Waals surface area contributed by atoms with Crippen LogP contribution in [0.25, 0.3) is 0 Å². The van der Waals surface area contributed by atoms with E-state index in [4.69, 9.17) is 5.11 Å². The first-order chi connectivity index (χ1) is 11.1. The van der Waals surface area contributed by atoms with Gasteiger partial charge in [-0.25, -0.2) is 13.1 Å². The van der Waals surface area contributed by atoms with Gasteiger partial charge >= 0.3 is 5.97 Å². The lowest BCUT2D eigenvalue weighted by molar-refractivity contribution is -0.138. The molecule has 8 nitrogen and oxygen atoms in total. The van der Waals surface area contributed by atoms with Gasteiger partial charge in [0, 0.05) is 32.1 Å². The van der Waals surface area contributed by atoms with Crippen LogP contribution >= 0.6 is 0 Å². The monoisotopic (exact) mass is 356 g/mol. The zero-order valence-electron chi connectivity index (χ0n) is 13.5. The van der Waals surface area contributed by atoms with E-state index < -0.39 is 16.0 Å². The van der Waals surface area contributed by atoms with Gasteiger partial charge < -0.3 is 10.0 Å². The highest BCUT2D eigenvalue weighted by Crippen LogP contribution is 2.12. The van der Waals surface area contributed by atoms with Gasteiger partial charge in [-0.1, -0.05) is 12.1 Å². The first-order valence-electron chi connectivity index (χ1n) is 7.20. The quantitative estimate of drug-likeness (QED) is 0.621. The number of carbonyl (C=O) groups excluding carboxylic acids is 2. The first-order valence-corrected chi connectivity index (χ1v) is 8.68. The molecule has 9 heteroatoms. The summed E-state index contributed by atoms with van der Waals surface area (Å²) in [5.74, 6) is -1.63. The van der Waals surface area contributed by atoms with Gasteiger partial charge in [0.05, 0.1) is 11.3 Å². The second-order valence-electron chi connectivity index (χ2n) is 5.19. The summed E-state index contributed by atoms with van der Waals surface area (Å²) >= 11 is 0. The number of carboxylic acids is 1. The minimum absolute atomic E-state index is 0.0538. The van der Waals surface area contributed by atoms with Gasteiger partial charge in [0.2, 0.25) is 15.9 Å². The lowest BCUT2D eigenvalue weighted by atomic mass is 10.2. The molecule has 0 bridgehead atoms. The lowest BCUT2D eigenvalue weighted by Crippen LogP contribution is -2.33. The Morgan fingerprint density at radius 2 is 1.88 bits per heavy atom. The molecule has 0 aliphatic carbocycles. The average molecular weight is 356 g/mol. The van der Waals surface area contributed by atoms with Crippen molar-refractivity contribution in [2.45, 2.75) is 24.7 Å². The maximum Gasteiger partial charge on any atom is 0.305 e. The highest BCUT2D eigenvalue weighted by Gasteiger charge is 2.16. The highest BCUT2D eigenvalue weighted by atomic mass is 32.2. The van der Waals surface area contributed by atoms with Crippen LogP contribution in [0.3, 0.4) is 0 Å². The van der Waals surface area contributed by atoms with Crippen LogP contribution in [0.2, 0.25) is 0 Å². The van der Waals surface area contributed by atoms with Gasteiger partial charge in [-0.2, -0.15) is 0 Å². The van der Waals surface area contributed by atoms with E-state index in [0.717, 1.165) is 0 Å². The zero-order chi connectivity index (χ0) is 18.3. The molecule has 0 aliphatic heterocycles. The normalized spacial score (nSPS) is 11.1. The van der Waals surface area contributed by atoms with E-state index in [0.29, 0.717) is 0 Å². The number of hydrogen-bond acceptors (Lipinski definition) is 5. The zero-order valence-corrected chi connectivity index (χ0v) is 14.3. The van der Waals surface area contributed by atoms with Crippen molar-refractivity contribution in [1.82, 2.24) is 9.62 Å². The number of carboxylic acid groups (broad SMARTS) is 1. The Labute approximate surface area is 140 Å².